The Bertz CT molecular complexity index is 884. The molecule has 2 aromatic carbocycles. The predicted octanol–water partition coefficient (Wildman–Crippen LogP) is 3.49. The van der Waals surface area contributed by atoms with Gasteiger partial charge < -0.3 is 4.74 Å². The maximum absolute atomic E-state index is 11.2. The average molecular weight is 408 g/mol. The van der Waals surface area contributed by atoms with Gasteiger partial charge in [0.05, 0.1) is 22.6 Å². The lowest BCUT2D eigenvalue weighted by Gasteiger charge is -2.06. The normalized spacial score (nSPS) is 10.6. The fraction of sp³-hybridized carbons (Fsp3) is 0.0714. The van der Waals surface area contributed by atoms with Gasteiger partial charge in [0.2, 0.25) is 5.16 Å². The summed E-state index contributed by atoms with van der Waals surface area (Å²) in [6.07, 6.45) is 0. The van der Waals surface area contributed by atoms with Gasteiger partial charge >= 0.3 is 0 Å². The third-order valence-electron chi connectivity index (χ3n) is 3.08. The van der Waals surface area contributed by atoms with Crippen LogP contribution in [0, 0.1) is 10.1 Å². The van der Waals surface area contributed by atoms with Crippen molar-refractivity contribution in [3.63, 3.8) is 0 Å². The van der Waals surface area contributed by atoms with Crippen molar-refractivity contribution < 1.29 is 9.66 Å². The Morgan fingerprint density at radius 1 is 1.25 bits per heavy atom. The number of aromatic nitrogens is 4. The van der Waals surface area contributed by atoms with E-state index in [1.54, 1.807) is 43.5 Å². The number of halogens is 1. The molecule has 0 radical (unpaired) electrons. The highest BCUT2D eigenvalue weighted by Gasteiger charge is 2.19. The molecule has 0 saturated carbocycles. The molecule has 3 rings (SSSR count). The van der Waals surface area contributed by atoms with Gasteiger partial charge in [0.15, 0.2) is 0 Å². The summed E-state index contributed by atoms with van der Waals surface area (Å²) in [5, 5.41) is 23.2. The molecule has 1 heterocycles. The first kappa shape index (κ1) is 16.4. The minimum atomic E-state index is -0.436. The molecular formula is C14H10BrN5O3S. The molecule has 0 bridgehead atoms. The number of nitrogens with zero attached hydrogens (tertiary/aromatic N) is 5. The first-order valence-electron chi connectivity index (χ1n) is 6.63. The quantitative estimate of drug-likeness (QED) is 0.471. The Hall–Kier alpha value is -2.46. The molecule has 122 valence electrons. The lowest BCUT2D eigenvalue weighted by atomic mass is 10.3. The molecule has 10 heteroatoms. The largest absolute Gasteiger partial charge is 0.497 e. The van der Waals surface area contributed by atoms with E-state index in [-0.39, 0.29) is 5.69 Å². The molecule has 0 spiro atoms. The number of tetrazole rings is 1. The number of hydrogen-bond acceptors (Lipinski definition) is 7. The molecule has 24 heavy (non-hydrogen) atoms. The molecule has 0 fully saturated rings. The lowest BCUT2D eigenvalue weighted by molar-refractivity contribution is -0.387. The molecule has 0 saturated heterocycles. The fourth-order valence-corrected chi connectivity index (χ4v) is 3.17. The van der Waals surface area contributed by atoms with Crippen LogP contribution in [-0.2, 0) is 0 Å². The van der Waals surface area contributed by atoms with E-state index in [0.717, 1.165) is 17.4 Å². The number of benzene rings is 2. The van der Waals surface area contributed by atoms with Crippen molar-refractivity contribution in [3.05, 3.63) is 57.1 Å². The Morgan fingerprint density at radius 2 is 2.00 bits per heavy atom. The van der Waals surface area contributed by atoms with Gasteiger partial charge in [0.1, 0.15) is 5.75 Å². The second-order valence-electron chi connectivity index (χ2n) is 4.54. The monoisotopic (exact) mass is 407 g/mol. The lowest BCUT2D eigenvalue weighted by Crippen LogP contribution is -1.99. The predicted molar refractivity (Wildman–Crippen MR) is 90.6 cm³/mol. The van der Waals surface area contributed by atoms with Crippen molar-refractivity contribution in [2.45, 2.75) is 10.1 Å². The van der Waals surface area contributed by atoms with E-state index in [1.165, 1.54) is 10.7 Å². The first-order valence-corrected chi connectivity index (χ1v) is 8.24. The molecule has 0 aliphatic heterocycles. The minimum absolute atomic E-state index is 0.0151. The van der Waals surface area contributed by atoms with E-state index in [4.69, 9.17) is 4.74 Å². The van der Waals surface area contributed by atoms with Crippen molar-refractivity contribution >= 4 is 33.4 Å². The van der Waals surface area contributed by atoms with Gasteiger partial charge in [0.25, 0.3) is 5.69 Å². The van der Waals surface area contributed by atoms with Crippen molar-refractivity contribution in [2.75, 3.05) is 7.11 Å². The van der Waals surface area contributed by atoms with E-state index in [9.17, 15) is 10.1 Å². The zero-order valence-corrected chi connectivity index (χ0v) is 14.7. The molecule has 0 aliphatic carbocycles. The van der Waals surface area contributed by atoms with Gasteiger partial charge in [-0.2, -0.15) is 4.68 Å². The summed E-state index contributed by atoms with van der Waals surface area (Å²) in [5.41, 5.74) is 0.710. The Morgan fingerprint density at radius 3 is 2.67 bits per heavy atom. The number of rotatable bonds is 5. The maximum atomic E-state index is 11.2. The maximum Gasteiger partial charge on any atom is 0.284 e. The van der Waals surface area contributed by atoms with Crippen molar-refractivity contribution in [1.82, 2.24) is 20.2 Å². The fourth-order valence-electron chi connectivity index (χ4n) is 1.95. The summed E-state index contributed by atoms with van der Waals surface area (Å²) >= 11 is 4.36. The molecule has 0 aliphatic rings. The number of methoxy groups -OCH3 is 1. The van der Waals surface area contributed by atoms with Crippen LogP contribution in [0.25, 0.3) is 5.69 Å². The first-order chi connectivity index (χ1) is 11.6. The Balaban J connectivity index is 1.95. The topological polar surface area (TPSA) is 96.0 Å². The summed E-state index contributed by atoms with van der Waals surface area (Å²) in [7, 11) is 1.58. The molecule has 0 unspecified atom stereocenters. The zero-order valence-electron chi connectivity index (χ0n) is 12.3. The third-order valence-corrected chi connectivity index (χ3v) is 4.57. The van der Waals surface area contributed by atoms with Gasteiger partial charge in [0, 0.05) is 10.5 Å². The van der Waals surface area contributed by atoms with Crippen LogP contribution in [0.15, 0.2) is 57.0 Å². The summed E-state index contributed by atoms with van der Waals surface area (Å²) < 4.78 is 7.26. The van der Waals surface area contributed by atoms with Gasteiger partial charge in [-0.05, 0) is 58.6 Å². The number of nitro benzene ring substituents is 1. The zero-order chi connectivity index (χ0) is 17.1. The molecule has 3 aromatic rings. The van der Waals surface area contributed by atoms with Crippen LogP contribution >= 0.6 is 27.7 Å². The van der Waals surface area contributed by atoms with Crippen LogP contribution in [0.4, 0.5) is 5.69 Å². The molecule has 0 amide bonds. The van der Waals surface area contributed by atoms with E-state index in [0.29, 0.717) is 20.3 Å². The second kappa shape index (κ2) is 6.97. The average Bonchev–Trinajstić information content (AvgIpc) is 3.04. The third kappa shape index (κ3) is 3.39. The number of ether oxygens (including phenoxy) is 1. The Kier molecular flexibility index (Phi) is 4.76. The highest BCUT2D eigenvalue weighted by atomic mass is 79.9. The van der Waals surface area contributed by atoms with Crippen LogP contribution in [0.5, 0.6) is 5.75 Å². The smallest absolute Gasteiger partial charge is 0.284 e. The summed E-state index contributed by atoms with van der Waals surface area (Å²) in [4.78, 5) is 11.2. The van der Waals surface area contributed by atoms with E-state index in [2.05, 4.69) is 31.5 Å². The highest BCUT2D eigenvalue weighted by molar-refractivity contribution is 9.10. The van der Waals surface area contributed by atoms with Gasteiger partial charge in [-0.25, -0.2) is 0 Å². The van der Waals surface area contributed by atoms with E-state index >= 15 is 0 Å². The highest BCUT2D eigenvalue weighted by Crippen LogP contribution is 2.35. The van der Waals surface area contributed by atoms with E-state index < -0.39 is 4.92 Å². The Labute approximate surface area is 149 Å². The van der Waals surface area contributed by atoms with Crippen LogP contribution < -0.4 is 4.74 Å². The molecule has 0 N–H and O–H groups in total. The SMILES string of the molecule is COc1ccc(-n2nnnc2Sc2ccc(Br)cc2[N+](=O)[O-])cc1. The number of nitro groups is 1. The minimum Gasteiger partial charge on any atom is -0.497 e. The molecule has 0 atom stereocenters. The second-order valence-corrected chi connectivity index (χ2v) is 6.47. The van der Waals surface area contributed by atoms with Crippen LogP contribution in [0.1, 0.15) is 0 Å². The van der Waals surface area contributed by atoms with Crippen molar-refractivity contribution in [3.8, 4) is 11.4 Å². The van der Waals surface area contributed by atoms with Crippen molar-refractivity contribution in [1.29, 1.82) is 0 Å². The van der Waals surface area contributed by atoms with Crippen molar-refractivity contribution in [2.24, 2.45) is 0 Å². The van der Waals surface area contributed by atoms with Crippen LogP contribution in [0.2, 0.25) is 0 Å². The van der Waals surface area contributed by atoms with Gasteiger partial charge in [-0.3, -0.25) is 10.1 Å². The summed E-state index contributed by atoms with van der Waals surface area (Å²) in [6.45, 7) is 0. The standard InChI is InChI=1S/C14H10BrN5O3S/c1-23-11-5-3-10(4-6-11)19-14(16-17-18-19)24-13-7-2-9(15)8-12(13)20(21)22/h2-8H,1H3. The molecule has 1 aromatic heterocycles. The van der Waals surface area contributed by atoms with E-state index in [1.807, 2.05) is 0 Å². The molecule has 8 nitrogen and oxygen atoms in total. The summed E-state index contributed by atoms with van der Waals surface area (Å²) in [5.74, 6) is 0.713. The van der Waals surface area contributed by atoms with Gasteiger partial charge in [-0.15, -0.1) is 5.10 Å². The van der Waals surface area contributed by atoms with Gasteiger partial charge in [-0.1, -0.05) is 15.9 Å². The van der Waals surface area contributed by atoms with Crippen LogP contribution in [0.3, 0.4) is 0 Å². The molecular weight excluding hydrogens is 398 g/mol. The number of hydrogen-bond donors (Lipinski definition) is 0. The summed E-state index contributed by atoms with van der Waals surface area (Å²) in [6, 6.07) is 12.0. The van der Waals surface area contributed by atoms with Crippen LogP contribution in [-0.4, -0.2) is 32.2 Å².